The fourth-order valence-electron chi connectivity index (χ4n) is 2.31. The van der Waals surface area contributed by atoms with E-state index in [2.05, 4.69) is 16.5 Å². The van der Waals surface area contributed by atoms with Gasteiger partial charge in [0, 0.05) is 0 Å². The van der Waals surface area contributed by atoms with Crippen LogP contribution in [0.5, 0.6) is 0 Å². The maximum absolute atomic E-state index is 12.8. The molecule has 0 amide bonds. The van der Waals surface area contributed by atoms with Crippen molar-refractivity contribution in [1.29, 1.82) is 0 Å². The average molecular weight is 325 g/mol. The summed E-state index contributed by atoms with van der Waals surface area (Å²) >= 11 is 0. The van der Waals surface area contributed by atoms with Crippen molar-refractivity contribution in [2.24, 2.45) is 0 Å². The van der Waals surface area contributed by atoms with E-state index in [1.54, 1.807) is 19.9 Å². The number of nitrogens with zero attached hydrogens (tertiary/aromatic N) is 2. The van der Waals surface area contributed by atoms with Crippen molar-refractivity contribution in [2.75, 3.05) is 12.3 Å². The number of fused-ring (bicyclic) bond motifs is 2. The predicted octanol–water partition coefficient (Wildman–Crippen LogP) is 2.53. The van der Waals surface area contributed by atoms with Crippen LogP contribution in [0.1, 0.15) is 29.9 Å². The van der Waals surface area contributed by atoms with Gasteiger partial charge in [-0.1, -0.05) is 6.58 Å². The van der Waals surface area contributed by atoms with Gasteiger partial charge in [-0.25, -0.2) is 4.79 Å². The summed E-state index contributed by atoms with van der Waals surface area (Å²) in [6.07, 6.45) is 1.44. The normalized spacial score (nSPS) is 10.9. The van der Waals surface area contributed by atoms with Gasteiger partial charge in [-0.3, -0.25) is 9.78 Å². The van der Waals surface area contributed by atoms with Crippen LogP contribution in [0.25, 0.3) is 27.6 Å². The minimum atomic E-state index is -0.638. The highest BCUT2D eigenvalue weighted by atomic mass is 16.5. The number of anilines is 1. The largest absolute Gasteiger partial charge is 0.462 e. The zero-order valence-corrected chi connectivity index (χ0v) is 13.3. The summed E-state index contributed by atoms with van der Waals surface area (Å²) in [5, 5.41) is 0.482. The summed E-state index contributed by atoms with van der Waals surface area (Å²) in [7, 11) is 0. The lowest BCUT2D eigenvalue weighted by Gasteiger charge is -2.07. The van der Waals surface area contributed by atoms with Gasteiger partial charge >= 0.3 is 5.97 Å². The van der Waals surface area contributed by atoms with Crippen LogP contribution in [0.4, 0.5) is 5.82 Å². The number of carbonyl (C=O) groups is 1. The van der Waals surface area contributed by atoms with E-state index in [1.165, 1.54) is 12.3 Å². The van der Waals surface area contributed by atoms with Crippen molar-refractivity contribution >= 4 is 39.4 Å². The fourth-order valence-corrected chi connectivity index (χ4v) is 2.31. The van der Waals surface area contributed by atoms with Crippen LogP contribution in [0.15, 0.2) is 34.1 Å². The molecule has 7 nitrogen and oxygen atoms in total. The van der Waals surface area contributed by atoms with Crippen molar-refractivity contribution in [2.45, 2.75) is 13.8 Å². The molecule has 3 aromatic rings. The Hall–Kier alpha value is -3.22. The lowest BCUT2D eigenvalue weighted by atomic mass is 10.1. The molecule has 0 saturated heterocycles. The second kappa shape index (κ2) is 5.77. The Morgan fingerprint density at radius 3 is 2.79 bits per heavy atom. The number of ether oxygens (including phenoxy) is 1. The van der Waals surface area contributed by atoms with Crippen LogP contribution in [0.3, 0.4) is 0 Å². The molecule has 0 bridgehead atoms. The Bertz CT molecular complexity index is 1050. The third-order valence-corrected chi connectivity index (χ3v) is 3.51. The molecule has 3 rings (SSSR count). The Morgan fingerprint density at radius 1 is 1.38 bits per heavy atom. The first-order chi connectivity index (χ1) is 11.4. The first kappa shape index (κ1) is 15.7. The Balaban J connectivity index is 2.33. The SMILES string of the molecule is C=C(C)c1cc2c(=O)c3cc(C(=O)OCC)c(N)nc3oc2cn1. The molecule has 0 saturated carbocycles. The molecule has 0 spiro atoms. The first-order valence-electron chi connectivity index (χ1n) is 7.28. The molecule has 122 valence electrons. The number of allylic oxidation sites excluding steroid dienone is 1. The van der Waals surface area contributed by atoms with Crippen LogP contribution in [0.2, 0.25) is 0 Å². The lowest BCUT2D eigenvalue weighted by Crippen LogP contribution is -2.12. The minimum Gasteiger partial charge on any atom is -0.462 e. The molecule has 0 unspecified atom stereocenters. The van der Waals surface area contributed by atoms with Gasteiger partial charge in [-0.2, -0.15) is 4.98 Å². The molecule has 0 aliphatic rings. The summed E-state index contributed by atoms with van der Waals surface area (Å²) in [5.41, 5.74) is 7.12. The van der Waals surface area contributed by atoms with Gasteiger partial charge in [-0.15, -0.1) is 0 Å². The van der Waals surface area contributed by atoms with E-state index in [9.17, 15) is 9.59 Å². The molecule has 0 aliphatic heterocycles. The summed E-state index contributed by atoms with van der Waals surface area (Å²) < 4.78 is 10.5. The van der Waals surface area contributed by atoms with E-state index in [4.69, 9.17) is 14.9 Å². The van der Waals surface area contributed by atoms with Gasteiger partial charge in [0.15, 0.2) is 5.58 Å². The van der Waals surface area contributed by atoms with E-state index < -0.39 is 5.97 Å². The van der Waals surface area contributed by atoms with Crippen molar-refractivity contribution in [3.63, 3.8) is 0 Å². The third-order valence-electron chi connectivity index (χ3n) is 3.51. The summed E-state index contributed by atoms with van der Waals surface area (Å²) in [6, 6.07) is 2.95. The Kier molecular flexibility index (Phi) is 3.76. The molecule has 0 aliphatic carbocycles. The average Bonchev–Trinajstić information content (AvgIpc) is 2.54. The number of hydrogen-bond donors (Lipinski definition) is 1. The molecule has 3 aromatic heterocycles. The van der Waals surface area contributed by atoms with Crippen molar-refractivity contribution in [1.82, 2.24) is 9.97 Å². The molecule has 7 heteroatoms. The number of rotatable bonds is 3. The van der Waals surface area contributed by atoms with E-state index in [-0.39, 0.29) is 40.1 Å². The second-order valence-corrected chi connectivity index (χ2v) is 5.27. The fraction of sp³-hybridized carbons (Fsp3) is 0.176. The van der Waals surface area contributed by atoms with E-state index >= 15 is 0 Å². The molecule has 3 heterocycles. The lowest BCUT2D eigenvalue weighted by molar-refractivity contribution is 0.0527. The van der Waals surface area contributed by atoms with Crippen molar-refractivity contribution < 1.29 is 13.9 Å². The number of carbonyl (C=O) groups excluding carboxylic acids is 1. The van der Waals surface area contributed by atoms with E-state index in [0.717, 1.165) is 5.57 Å². The zero-order valence-electron chi connectivity index (χ0n) is 13.3. The molecule has 0 atom stereocenters. The summed E-state index contributed by atoms with van der Waals surface area (Å²) in [5.74, 6) is -0.698. The van der Waals surface area contributed by atoms with Crippen LogP contribution in [-0.4, -0.2) is 22.5 Å². The predicted molar refractivity (Wildman–Crippen MR) is 90.7 cm³/mol. The van der Waals surface area contributed by atoms with Gasteiger partial charge in [0.2, 0.25) is 11.1 Å². The maximum atomic E-state index is 12.8. The van der Waals surface area contributed by atoms with Gasteiger partial charge in [-0.05, 0) is 31.6 Å². The number of nitrogen functional groups attached to an aromatic ring is 1. The van der Waals surface area contributed by atoms with Crippen molar-refractivity contribution in [3.05, 3.63) is 46.4 Å². The number of hydrogen-bond acceptors (Lipinski definition) is 7. The molecular formula is C17H15N3O4. The third kappa shape index (κ3) is 2.50. The van der Waals surface area contributed by atoms with Crippen molar-refractivity contribution in [3.8, 4) is 0 Å². The van der Waals surface area contributed by atoms with E-state index in [1.807, 2.05) is 0 Å². The van der Waals surface area contributed by atoms with Crippen LogP contribution < -0.4 is 11.2 Å². The van der Waals surface area contributed by atoms with Crippen LogP contribution in [0, 0.1) is 0 Å². The van der Waals surface area contributed by atoms with Crippen LogP contribution in [-0.2, 0) is 4.74 Å². The summed E-state index contributed by atoms with van der Waals surface area (Å²) in [4.78, 5) is 32.9. The smallest absolute Gasteiger partial charge is 0.341 e. The molecule has 0 aromatic carbocycles. The highest BCUT2D eigenvalue weighted by molar-refractivity contribution is 5.99. The second-order valence-electron chi connectivity index (χ2n) is 5.27. The molecule has 0 fully saturated rings. The van der Waals surface area contributed by atoms with Gasteiger partial charge in [0.1, 0.15) is 11.4 Å². The van der Waals surface area contributed by atoms with Gasteiger partial charge in [0.05, 0.1) is 29.3 Å². The first-order valence-corrected chi connectivity index (χ1v) is 7.28. The molecule has 24 heavy (non-hydrogen) atoms. The number of nitrogens with two attached hydrogens (primary N) is 1. The van der Waals surface area contributed by atoms with Gasteiger partial charge in [0.25, 0.3) is 0 Å². The monoisotopic (exact) mass is 325 g/mol. The standard InChI is InChI=1S/C17H15N3O4/c1-4-23-17(22)11-5-10-14(21)9-6-12(8(2)3)19-7-13(9)24-16(10)20-15(11)18/h5-7H,2,4H2,1,3H3,(H2,18,20). The van der Waals surface area contributed by atoms with Gasteiger partial charge < -0.3 is 14.9 Å². The molecule has 2 N–H and O–H groups in total. The van der Waals surface area contributed by atoms with E-state index in [0.29, 0.717) is 11.1 Å². The highest BCUT2D eigenvalue weighted by Gasteiger charge is 2.18. The Labute approximate surface area is 136 Å². The maximum Gasteiger partial charge on any atom is 0.341 e. The zero-order chi connectivity index (χ0) is 17.4. The summed E-state index contributed by atoms with van der Waals surface area (Å²) in [6.45, 7) is 7.47. The highest BCUT2D eigenvalue weighted by Crippen LogP contribution is 2.22. The van der Waals surface area contributed by atoms with Crippen LogP contribution >= 0.6 is 0 Å². The number of pyridine rings is 2. The minimum absolute atomic E-state index is 0.0326. The number of aromatic nitrogens is 2. The topological polar surface area (TPSA) is 108 Å². The molecular weight excluding hydrogens is 310 g/mol. The number of esters is 1. The molecule has 0 radical (unpaired) electrons. The Morgan fingerprint density at radius 2 is 2.12 bits per heavy atom. The quantitative estimate of drug-likeness (QED) is 0.582.